The van der Waals surface area contributed by atoms with Crippen LogP contribution >= 0.6 is 0 Å². The Morgan fingerprint density at radius 2 is 1.44 bits per heavy atom. The lowest BCUT2D eigenvalue weighted by molar-refractivity contribution is 0.272. The van der Waals surface area contributed by atoms with E-state index < -0.39 is 0 Å². The Hall–Kier alpha value is -0.0800. The molecular formula is C16H26N2. The summed E-state index contributed by atoms with van der Waals surface area (Å²) in [7, 11) is 0. The fourth-order valence-electron chi connectivity index (χ4n) is 6.63. The zero-order valence-corrected chi connectivity index (χ0v) is 11.2. The summed E-state index contributed by atoms with van der Waals surface area (Å²) in [5.74, 6) is 7.02. The molecule has 0 amide bonds. The third-order valence-electron chi connectivity index (χ3n) is 7.48. The number of fused-ring (bicyclic) bond motifs is 7. The van der Waals surface area contributed by atoms with E-state index >= 15 is 0 Å². The maximum atomic E-state index is 6.41. The average Bonchev–Trinajstić information content (AvgIpc) is 2.87. The molecule has 3 N–H and O–H groups in total. The number of rotatable bonds is 3. The molecule has 2 nitrogen and oxygen atoms in total. The van der Waals surface area contributed by atoms with Gasteiger partial charge in [0.15, 0.2) is 0 Å². The summed E-state index contributed by atoms with van der Waals surface area (Å²) in [5, 5.41) is 3.94. The minimum absolute atomic E-state index is 0.520. The molecule has 0 radical (unpaired) electrons. The fraction of sp³-hybridized carbons (Fsp3) is 1.00. The van der Waals surface area contributed by atoms with Crippen LogP contribution in [0.1, 0.15) is 38.5 Å². The molecule has 100 valence electrons. The van der Waals surface area contributed by atoms with Gasteiger partial charge in [0, 0.05) is 12.1 Å². The predicted molar refractivity (Wildman–Crippen MR) is 71.9 cm³/mol. The van der Waals surface area contributed by atoms with E-state index in [9.17, 15) is 0 Å². The van der Waals surface area contributed by atoms with Crippen molar-refractivity contribution < 1.29 is 0 Å². The topological polar surface area (TPSA) is 38.0 Å². The van der Waals surface area contributed by atoms with Crippen molar-refractivity contribution in [3.63, 3.8) is 0 Å². The van der Waals surface area contributed by atoms with Gasteiger partial charge in [-0.25, -0.2) is 0 Å². The zero-order valence-electron chi connectivity index (χ0n) is 11.2. The monoisotopic (exact) mass is 246 g/mol. The average molecular weight is 246 g/mol. The number of nitrogens with one attached hydrogen (secondary N) is 1. The molecule has 5 aliphatic carbocycles. The summed E-state index contributed by atoms with van der Waals surface area (Å²) in [6, 6.07) is 1.43. The predicted octanol–water partition coefficient (Wildman–Crippen LogP) is 1.99. The van der Waals surface area contributed by atoms with Crippen LogP contribution in [-0.2, 0) is 0 Å². The first-order chi connectivity index (χ1) is 8.83. The first-order valence-electron chi connectivity index (χ1n) is 8.32. The van der Waals surface area contributed by atoms with Crippen molar-refractivity contribution in [3.8, 4) is 0 Å². The third-order valence-corrected chi connectivity index (χ3v) is 7.48. The van der Waals surface area contributed by atoms with Crippen LogP contribution in [0.2, 0.25) is 0 Å². The summed E-state index contributed by atoms with van der Waals surface area (Å²) >= 11 is 0. The molecule has 0 heterocycles. The van der Waals surface area contributed by atoms with E-state index in [1.807, 2.05) is 0 Å². The summed E-state index contributed by atoms with van der Waals surface area (Å²) in [5.41, 5.74) is 6.41. The van der Waals surface area contributed by atoms with E-state index in [4.69, 9.17) is 5.73 Å². The Bertz CT molecular complexity index is 350. The first kappa shape index (κ1) is 10.7. The van der Waals surface area contributed by atoms with Gasteiger partial charge in [-0.2, -0.15) is 0 Å². The summed E-state index contributed by atoms with van der Waals surface area (Å²) < 4.78 is 0. The van der Waals surface area contributed by atoms with Crippen molar-refractivity contribution >= 4 is 0 Å². The SMILES string of the molecule is NC1C2CCC(C2)C1CNC1C2C3CCC(C3)C12. The van der Waals surface area contributed by atoms with Gasteiger partial charge in [-0.05, 0) is 86.5 Å². The number of hydrogen-bond donors (Lipinski definition) is 2. The van der Waals surface area contributed by atoms with E-state index in [0.717, 1.165) is 47.5 Å². The van der Waals surface area contributed by atoms with Gasteiger partial charge < -0.3 is 11.1 Å². The molecule has 18 heavy (non-hydrogen) atoms. The van der Waals surface area contributed by atoms with E-state index in [2.05, 4.69) is 5.32 Å². The fourth-order valence-corrected chi connectivity index (χ4v) is 6.63. The molecule has 0 saturated heterocycles. The van der Waals surface area contributed by atoms with Crippen LogP contribution in [-0.4, -0.2) is 18.6 Å². The maximum Gasteiger partial charge on any atom is 0.0136 e. The molecule has 4 bridgehead atoms. The lowest BCUT2D eigenvalue weighted by Gasteiger charge is -2.28. The van der Waals surface area contributed by atoms with Crippen LogP contribution in [0.25, 0.3) is 0 Å². The molecule has 2 heteroatoms. The molecule has 0 aliphatic heterocycles. The molecular weight excluding hydrogens is 220 g/mol. The zero-order chi connectivity index (χ0) is 11.9. The van der Waals surface area contributed by atoms with Crippen molar-refractivity contribution in [2.45, 2.75) is 50.6 Å². The first-order valence-corrected chi connectivity index (χ1v) is 8.32. The molecule has 8 atom stereocenters. The van der Waals surface area contributed by atoms with Gasteiger partial charge in [0.2, 0.25) is 0 Å². The molecule has 5 saturated carbocycles. The molecule has 5 aliphatic rings. The minimum atomic E-state index is 0.520. The Morgan fingerprint density at radius 1 is 0.833 bits per heavy atom. The lowest BCUT2D eigenvalue weighted by Crippen LogP contribution is -2.42. The largest absolute Gasteiger partial charge is 0.327 e. The highest BCUT2D eigenvalue weighted by atomic mass is 15.0. The summed E-state index contributed by atoms with van der Waals surface area (Å²) in [6.45, 7) is 1.24. The summed E-state index contributed by atoms with van der Waals surface area (Å²) in [4.78, 5) is 0. The molecule has 0 spiro atoms. The van der Waals surface area contributed by atoms with Crippen molar-refractivity contribution in [3.05, 3.63) is 0 Å². The minimum Gasteiger partial charge on any atom is -0.327 e. The Kier molecular flexibility index (Phi) is 2.09. The van der Waals surface area contributed by atoms with Gasteiger partial charge in [0.1, 0.15) is 0 Å². The molecule has 8 unspecified atom stereocenters. The van der Waals surface area contributed by atoms with Crippen LogP contribution in [0, 0.1) is 41.4 Å². The highest BCUT2D eigenvalue weighted by Crippen LogP contribution is 2.65. The van der Waals surface area contributed by atoms with Crippen molar-refractivity contribution in [1.29, 1.82) is 0 Å². The van der Waals surface area contributed by atoms with Crippen molar-refractivity contribution in [2.75, 3.05) is 6.54 Å². The molecule has 0 aromatic carbocycles. The second-order valence-electron chi connectivity index (χ2n) is 8.00. The van der Waals surface area contributed by atoms with E-state index in [1.54, 1.807) is 6.42 Å². The van der Waals surface area contributed by atoms with Gasteiger partial charge in [0.05, 0.1) is 0 Å². The van der Waals surface area contributed by atoms with Gasteiger partial charge in [-0.3, -0.25) is 0 Å². The van der Waals surface area contributed by atoms with Crippen LogP contribution in [0.3, 0.4) is 0 Å². The van der Waals surface area contributed by atoms with Gasteiger partial charge in [-0.15, -0.1) is 0 Å². The van der Waals surface area contributed by atoms with Gasteiger partial charge >= 0.3 is 0 Å². The molecule has 0 aromatic heterocycles. The number of hydrogen-bond acceptors (Lipinski definition) is 2. The van der Waals surface area contributed by atoms with Gasteiger partial charge in [0.25, 0.3) is 0 Å². The van der Waals surface area contributed by atoms with Crippen LogP contribution in [0.5, 0.6) is 0 Å². The number of nitrogens with two attached hydrogens (primary N) is 1. The second-order valence-corrected chi connectivity index (χ2v) is 8.00. The molecule has 5 rings (SSSR count). The normalized spacial score (nSPS) is 63.5. The molecule has 5 fully saturated rings. The summed E-state index contributed by atoms with van der Waals surface area (Å²) in [6.07, 6.45) is 8.97. The third kappa shape index (κ3) is 1.27. The van der Waals surface area contributed by atoms with Crippen LogP contribution < -0.4 is 11.1 Å². The quantitative estimate of drug-likeness (QED) is 0.799. The Balaban J connectivity index is 1.21. The van der Waals surface area contributed by atoms with Crippen molar-refractivity contribution in [1.82, 2.24) is 5.32 Å². The second kappa shape index (κ2) is 3.52. The van der Waals surface area contributed by atoms with E-state index in [1.165, 1.54) is 38.6 Å². The lowest BCUT2D eigenvalue weighted by atomic mass is 9.85. The standard InChI is InChI=1S/C16H26N2/c17-15-11-4-1-8(5-11)12(15)7-18-16-13-9-2-3-10(6-9)14(13)16/h8-16,18H,1-7,17H2. The van der Waals surface area contributed by atoms with Crippen LogP contribution in [0.4, 0.5) is 0 Å². The van der Waals surface area contributed by atoms with E-state index in [-0.39, 0.29) is 0 Å². The highest BCUT2D eigenvalue weighted by Gasteiger charge is 2.64. The van der Waals surface area contributed by atoms with Crippen molar-refractivity contribution in [2.24, 2.45) is 47.2 Å². The maximum absolute atomic E-state index is 6.41. The highest BCUT2D eigenvalue weighted by molar-refractivity contribution is 5.17. The molecule has 0 aromatic rings. The smallest absolute Gasteiger partial charge is 0.0136 e. The van der Waals surface area contributed by atoms with Crippen LogP contribution in [0.15, 0.2) is 0 Å². The van der Waals surface area contributed by atoms with E-state index in [0.29, 0.717) is 6.04 Å². The van der Waals surface area contributed by atoms with Gasteiger partial charge in [-0.1, -0.05) is 0 Å². The Labute approximate surface area is 110 Å². The Morgan fingerprint density at radius 3 is 2.11 bits per heavy atom.